The molecule has 1 aromatic heterocycles. The molecule has 0 saturated carbocycles. The van der Waals surface area contributed by atoms with Crippen molar-refractivity contribution in [3.8, 4) is 0 Å². The quantitative estimate of drug-likeness (QED) is 0.599. The second-order valence-electron chi connectivity index (χ2n) is 8.53. The summed E-state index contributed by atoms with van der Waals surface area (Å²) < 4.78 is 52.6. The lowest BCUT2D eigenvalue weighted by Gasteiger charge is -2.20. The third-order valence-corrected chi connectivity index (χ3v) is 8.46. The van der Waals surface area contributed by atoms with Crippen molar-refractivity contribution < 1.29 is 26.4 Å². The van der Waals surface area contributed by atoms with Gasteiger partial charge in [0.1, 0.15) is 5.60 Å². The number of carbonyl (C=O) groups excluding carboxylic acids is 1. The first-order chi connectivity index (χ1) is 14.8. The number of nitrogens with zero attached hydrogens (tertiary/aromatic N) is 1. The summed E-state index contributed by atoms with van der Waals surface area (Å²) in [5, 5.41) is 6.11. The molecule has 178 valence electrons. The van der Waals surface area contributed by atoms with E-state index in [1.807, 2.05) is 20.8 Å². The number of ether oxygens (including phenoxy) is 1. The number of nitrogens with one attached hydrogen (secondary N) is 1. The molecule has 0 aliphatic carbocycles. The van der Waals surface area contributed by atoms with Crippen LogP contribution in [-0.4, -0.2) is 53.2 Å². The van der Waals surface area contributed by atoms with Gasteiger partial charge < -0.3 is 10.1 Å². The average molecular weight is 503 g/mol. The lowest BCUT2D eigenvalue weighted by molar-refractivity contribution is -0.138. The molecule has 1 saturated heterocycles. The van der Waals surface area contributed by atoms with Crippen molar-refractivity contribution in [3.05, 3.63) is 40.3 Å². The smallest absolute Gasteiger partial charge is 0.293 e. The van der Waals surface area contributed by atoms with Crippen LogP contribution in [0.2, 0.25) is 0 Å². The van der Waals surface area contributed by atoms with E-state index < -0.39 is 19.7 Å². The third kappa shape index (κ3) is 8.27. The van der Waals surface area contributed by atoms with Crippen molar-refractivity contribution in [2.45, 2.75) is 60.7 Å². The van der Waals surface area contributed by atoms with Gasteiger partial charge in [-0.15, -0.1) is 11.3 Å². The molecule has 0 radical (unpaired) electrons. The minimum absolute atomic E-state index is 0.105. The van der Waals surface area contributed by atoms with E-state index >= 15 is 0 Å². The molecule has 3 rings (SSSR count). The Kier molecular flexibility index (Phi) is 8.98. The van der Waals surface area contributed by atoms with Crippen molar-refractivity contribution in [3.63, 3.8) is 0 Å². The first-order valence-corrected chi connectivity index (χ1v) is 14.5. The normalized spacial score (nSPS) is 15.5. The predicted molar refractivity (Wildman–Crippen MR) is 124 cm³/mol. The summed E-state index contributed by atoms with van der Waals surface area (Å²) in [5.41, 5.74) is 0.229. The van der Waals surface area contributed by atoms with Crippen molar-refractivity contribution in [2.75, 3.05) is 19.3 Å². The molecule has 0 atom stereocenters. The molecule has 1 fully saturated rings. The zero-order chi connectivity index (χ0) is 24.0. The van der Waals surface area contributed by atoms with E-state index in [0.29, 0.717) is 18.1 Å². The van der Waals surface area contributed by atoms with Gasteiger partial charge in [0.25, 0.3) is 6.47 Å². The maximum absolute atomic E-state index is 12.6. The Morgan fingerprint density at radius 2 is 1.66 bits per heavy atom. The summed E-state index contributed by atoms with van der Waals surface area (Å²) >= 11 is 1.52. The Hall–Kier alpha value is -1.82. The fourth-order valence-corrected chi connectivity index (χ4v) is 5.94. The van der Waals surface area contributed by atoms with Gasteiger partial charge in [-0.3, -0.25) is 4.79 Å². The first-order valence-electron chi connectivity index (χ1n) is 10.1. The predicted octanol–water partition coefficient (Wildman–Crippen LogP) is 2.95. The summed E-state index contributed by atoms with van der Waals surface area (Å²) in [6.07, 6.45) is 3.13. The van der Waals surface area contributed by atoms with Gasteiger partial charge in [0, 0.05) is 17.6 Å². The molecular weight excluding hydrogens is 472 g/mol. The molecule has 0 unspecified atom stereocenters. The molecule has 32 heavy (non-hydrogen) atoms. The van der Waals surface area contributed by atoms with E-state index in [4.69, 9.17) is 0 Å². The molecule has 2 aromatic rings. The van der Waals surface area contributed by atoms with Gasteiger partial charge in [-0.05, 0) is 71.0 Å². The fraction of sp³-hybridized carbons (Fsp3) is 0.524. The number of sulfone groups is 2. The van der Waals surface area contributed by atoms with Crippen LogP contribution in [0.5, 0.6) is 0 Å². The molecule has 0 spiro atoms. The number of rotatable bonds is 6. The summed E-state index contributed by atoms with van der Waals surface area (Å²) in [6, 6.07) is 5.32. The molecule has 1 aliphatic rings. The van der Waals surface area contributed by atoms with Crippen LogP contribution in [0.15, 0.2) is 39.4 Å². The Morgan fingerprint density at radius 3 is 2.12 bits per heavy atom. The zero-order valence-corrected chi connectivity index (χ0v) is 21.1. The highest BCUT2D eigenvalue weighted by Gasteiger charge is 2.22. The highest BCUT2D eigenvalue weighted by atomic mass is 32.2. The maximum Gasteiger partial charge on any atom is 0.293 e. The summed E-state index contributed by atoms with van der Waals surface area (Å²) in [6.45, 7) is 7.85. The maximum atomic E-state index is 12.6. The number of hydrogen-bond acceptors (Lipinski definition) is 9. The monoisotopic (exact) mass is 502 g/mol. The highest BCUT2D eigenvalue weighted by Crippen LogP contribution is 2.29. The number of aromatic nitrogens is 1. The molecule has 8 nitrogen and oxygen atoms in total. The van der Waals surface area contributed by atoms with Gasteiger partial charge in [0.15, 0.2) is 19.7 Å². The van der Waals surface area contributed by atoms with E-state index in [1.165, 1.54) is 35.6 Å². The van der Waals surface area contributed by atoms with Crippen LogP contribution in [0.3, 0.4) is 0 Å². The van der Waals surface area contributed by atoms with Gasteiger partial charge in [0.2, 0.25) is 0 Å². The topological polar surface area (TPSA) is 120 Å². The molecule has 11 heteroatoms. The Bertz CT molecular complexity index is 1100. The number of benzene rings is 1. The number of hydrogen-bond donors (Lipinski definition) is 1. The van der Waals surface area contributed by atoms with Gasteiger partial charge in [-0.25, -0.2) is 21.8 Å². The van der Waals surface area contributed by atoms with Gasteiger partial charge in [-0.1, -0.05) is 0 Å². The van der Waals surface area contributed by atoms with Crippen LogP contribution in [0.4, 0.5) is 0 Å². The number of piperidine rings is 1. The van der Waals surface area contributed by atoms with Crippen molar-refractivity contribution >= 4 is 37.5 Å². The van der Waals surface area contributed by atoms with Gasteiger partial charge >= 0.3 is 0 Å². The Labute approximate surface area is 194 Å². The zero-order valence-electron chi connectivity index (χ0n) is 18.7. The largest absolute Gasteiger partial charge is 0.462 e. The molecule has 1 aliphatic heterocycles. The molecule has 1 aromatic carbocycles. The number of thiazole rings is 1. The molecule has 1 N–H and O–H groups in total. The van der Waals surface area contributed by atoms with Crippen LogP contribution in [0.1, 0.15) is 50.2 Å². The minimum atomic E-state index is -3.56. The van der Waals surface area contributed by atoms with E-state index in [-0.39, 0.29) is 21.1 Å². The van der Waals surface area contributed by atoms with Gasteiger partial charge in [0.05, 0.1) is 26.2 Å². The Balaban J connectivity index is 0.000000451. The van der Waals surface area contributed by atoms with E-state index in [0.717, 1.165) is 37.2 Å². The molecule has 0 amide bonds. The minimum Gasteiger partial charge on any atom is -0.462 e. The second-order valence-corrected chi connectivity index (χ2v) is 13.4. The second kappa shape index (κ2) is 10.9. The first kappa shape index (κ1) is 26.4. The summed E-state index contributed by atoms with van der Waals surface area (Å²) in [5.74, 6) is 0.226. The Morgan fingerprint density at radius 1 is 1.09 bits per heavy atom. The van der Waals surface area contributed by atoms with Crippen LogP contribution < -0.4 is 5.32 Å². The van der Waals surface area contributed by atoms with E-state index in [2.05, 4.69) is 15.0 Å². The van der Waals surface area contributed by atoms with E-state index in [1.54, 1.807) is 5.38 Å². The summed E-state index contributed by atoms with van der Waals surface area (Å²) in [7, 11) is -6.90. The van der Waals surface area contributed by atoms with Crippen LogP contribution >= 0.6 is 11.3 Å². The van der Waals surface area contributed by atoms with Gasteiger partial charge in [-0.2, -0.15) is 0 Å². The molecule has 2 heterocycles. The fourth-order valence-electron chi connectivity index (χ4n) is 2.96. The highest BCUT2D eigenvalue weighted by molar-refractivity contribution is 7.91. The van der Waals surface area contributed by atoms with Crippen molar-refractivity contribution in [2.24, 2.45) is 0 Å². The summed E-state index contributed by atoms with van der Waals surface area (Å²) in [4.78, 5) is 14.3. The standard InChI is InChI=1S/C16H20N2O4S3.C5H10O2/c1-24(19,20)14-2-4-15(5-3-14)25(21,22)11-13-10-23-16(18-13)12-6-8-17-9-7-12;1-5(2,3)7-4-6/h2-5,10,12,17H,6-9,11H2,1H3;4H,1-3H3. The van der Waals surface area contributed by atoms with Crippen LogP contribution in [0, 0.1) is 0 Å². The number of carbonyl (C=O) groups is 1. The SMILES string of the molecule is CC(C)(C)OC=O.CS(=O)(=O)c1ccc(S(=O)(=O)Cc2csc(C3CCNCC3)n2)cc1. The van der Waals surface area contributed by atoms with Crippen LogP contribution in [0.25, 0.3) is 0 Å². The lowest BCUT2D eigenvalue weighted by atomic mass is 9.99. The van der Waals surface area contributed by atoms with Crippen molar-refractivity contribution in [1.82, 2.24) is 10.3 Å². The average Bonchev–Trinajstić information content (AvgIpc) is 3.15. The molecular formula is C21H30N2O6S3. The van der Waals surface area contributed by atoms with Crippen molar-refractivity contribution in [1.29, 1.82) is 0 Å². The lowest BCUT2D eigenvalue weighted by Crippen LogP contribution is -2.26. The molecule has 0 bridgehead atoms. The van der Waals surface area contributed by atoms with E-state index in [9.17, 15) is 21.6 Å². The van der Waals surface area contributed by atoms with Crippen LogP contribution in [-0.2, 0) is 35.0 Å². The third-order valence-electron chi connectivity index (χ3n) is 4.61.